The number of hydrogen-bond donors (Lipinski definition) is 1. The van der Waals surface area contributed by atoms with Gasteiger partial charge in [-0.05, 0) is 31.5 Å². The van der Waals surface area contributed by atoms with E-state index in [0.29, 0.717) is 23.5 Å². The third-order valence-corrected chi connectivity index (χ3v) is 3.34. The van der Waals surface area contributed by atoms with Crippen molar-refractivity contribution in [2.45, 2.75) is 32.1 Å². The lowest BCUT2D eigenvalue weighted by molar-refractivity contribution is 0.329. The molecule has 17 heavy (non-hydrogen) atoms. The zero-order chi connectivity index (χ0) is 12.5. The number of rotatable bonds is 4. The SMILES string of the molecule is CCC(C)(CCN)c1nc2cc(F)ccc2o1. The molecule has 0 aliphatic carbocycles. The summed E-state index contributed by atoms with van der Waals surface area (Å²) in [4.78, 5) is 4.37. The molecule has 0 saturated heterocycles. The quantitative estimate of drug-likeness (QED) is 0.887. The molecule has 2 N–H and O–H groups in total. The fraction of sp³-hybridized carbons (Fsp3) is 0.462. The van der Waals surface area contributed by atoms with Gasteiger partial charge in [-0.3, -0.25) is 0 Å². The molecule has 0 amide bonds. The molecule has 1 unspecified atom stereocenters. The molecule has 2 aromatic rings. The number of oxazole rings is 1. The molecule has 0 spiro atoms. The maximum Gasteiger partial charge on any atom is 0.201 e. The Labute approximate surface area is 99.8 Å². The second kappa shape index (κ2) is 4.45. The lowest BCUT2D eigenvalue weighted by atomic mass is 9.84. The van der Waals surface area contributed by atoms with Gasteiger partial charge in [-0.1, -0.05) is 13.8 Å². The first kappa shape index (κ1) is 12.0. The van der Waals surface area contributed by atoms with Crippen molar-refractivity contribution in [3.8, 4) is 0 Å². The molecule has 3 nitrogen and oxygen atoms in total. The van der Waals surface area contributed by atoms with E-state index in [2.05, 4.69) is 18.8 Å². The van der Waals surface area contributed by atoms with Crippen molar-refractivity contribution in [2.75, 3.05) is 6.54 Å². The topological polar surface area (TPSA) is 52.0 Å². The molecule has 0 saturated carbocycles. The van der Waals surface area contributed by atoms with Crippen molar-refractivity contribution in [3.63, 3.8) is 0 Å². The number of fused-ring (bicyclic) bond motifs is 1. The zero-order valence-electron chi connectivity index (χ0n) is 10.2. The van der Waals surface area contributed by atoms with Crippen LogP contribution in [0.15, 0.2) is 22.6 Å². The van der Waals surface area contributed by atoms with Crippen molar-refractivity contribution in [1.82, 2.24) is 4.98 Å². The first-order valence-corrected chi connectivity index (χ1v) is 5.85. The first-order chi connectivity index (χ1) is 8.09. The molecule has 1 aromatic carbocycles. The van der Waals surface area contributed by atoms with E-state index in [4.69, 9.17) is 10.2 Å². The van der Waals surface area contributed by atoms with Crippen LogP contribution in [0.25, 0.3) is 11.1 Å². The maximum absolute atomic E-state index is 13.1. The van der Waals surface area contributed by atoms with E-state index >= 15 is 0 Å². The van der Waals surface area contributed by atoms with Crippen LogP contribution in [0.3, 0.4) is 0 Å². The molecule has 0 aliphatic heterocycles. The Balaban J connectivity index is 2.48. The molecule has 0 aliphatic rings. The van der Waals surface area contributed by atoms with Crippen LogP contribution in [0.1, 0.15) is 32.6 Å². The fourth-order valence-electron chi connectivity index (χ4n) is 1.91. The second-order valence-corrected chi connectivity index (χ2v) is 4.58. The summed E-state index contributed by atoms with van der Waals surface area (Å²) in [5.41, 5.74) is 6.63. The number of halogens is 1. The van der Waals surface area contributed by atoms with Gasteiger partial charge in [-0.15, -0.1) is 0 Å². The Morgan fingerprint density at radius 3 is 2.88 bits per heavy atom. The van der Waals surface area contributed by atoms with Gasteiger partial charge in [0.15, 0.2) is 5.58 Å². The second-order valence-electron chi connectivity index (χ2n) is 4.58. The van der Waals surface area contributed by atoms with Crippen LogP contribution < -0.4 is 5.73 Å². The van der Waals surface area contributed by atoms with Crippen LogP contribution in [-0.2, 0) is 5.41 Å². The smallest absolute Gasteiger partial charge is 0.201 e. The fourth-order valence-corrected chi connectivity index (χ4v) is 1.91. The number of nitrogens with zero attached hydrogens (tertiary/aromatic N) is 1. The average Bonchev–Trinajstić information content (AvgIpc) is 2.72. The highest BCUT2D eigenvalue weighted by Gasteiger charge is 2.29. The average molecular weight is 236 g/mol. The summed E-state index contributed by atoms with van der Waals surface area (Å²) in [6, 6.07) is 4.38. The minimum Gasteiger partial charge on any atom is -0.440 e. The molecular formula is C13H17FN2O. The van der Waals surface area contributed by atoms with Gasteiger partial charge >= 0.3 is 0 Å². The predicted molar refractivity (Wildman–Crippen MR) is 65.3 cm³/mol. The van der Waals surface area contributed by atoms with E-state index in [-0.39, 0.29) is 11.2 Å². The lowest BCUT2D eigenvalue weighted by Crippen LogP contribution is -2.25. The molecule has 1 heterocycles. The highest BCUT2D eigenvalue weighted by Crippen LogP contribution is 2.32. The van der Waals surface area contributed by atoms with Crippen LogP contribution in [0.5, 0.6) is 0 Å². The first-order valence-electron chi connectivity index (χ1n) is 5.85. The summed E-state index contributed by atoms with van der Waals surface area (Å²) in [5, 5.41) is 0. The summed E-state index contributed by atoms with van der Waals surface area (Å²) in [6.07, 6.45) is 1.69. The maximum atomic E-state index is 13.1. The summed E-state index contributed by atoms with van der Waals surface area (Å²) in [6.45, 7) is 4.73. The van der Waals surface area contributed by atoms with E-state index in [9.17, 15) is 4.39 Å². The number of benzene rings is 1. The molecule has 1 aromatic heterocycles. The van der Waals surface area contributed by atoms with Crippen molar-refractivity contribution < 1.29 is 8.81 Å². The van der Waals surface area contributed by atoms with E-state index in [0.717, 1.165) is 12.8 Å². The summed E-state index contributed by atoms with van der Waals surface area (Å²) in [5.74, 6) is 0.348. The zero-order valence-corrected chi connectivity index (χ0v) is 10.2. The Morgan fingerprint density at radius 1 is 1.47 bits per heavy atom. The van der Waals surface area contributed by atoms with Gasteiger partial charge in [0.1, 0.15) is 11.3 Å². The predicted octanol–water partition coefficient (Wildman–Crippen LogP) is 2.98. The van der Waals surface area contributed by atoms with E-state index in [1.54, 1.807) is 6.07 Å². The molecule has 0 bridgehead atoms. The van der Waals surface area contributed by atoms with Crippen LogP contribution in [0.2, 0.25) is 0 Å². The monoisotopic (exact) mass is 236 g/mol. The molecule has 4 heteroatoms. The summed E-state index contributed by atoms with van der Waals surface area (Å²) < 4.78 is 18.8. The third-order valence-electron chi connectivity index (χ3n) is 3.34. The number of aromatic nitrogens is 1. The summed E-state index contributed by atoms with van der Waals surface area (Å²) >= 11 is 0. The largest absolute Gasteiger partial charge is 0.440 e. The van der Waals surface area contributed by atoms with Gasteiger partial charge in [0.05, 0.1) is 0 Å². The van der Waals surface area contributed by atoms with Crippen molar-refractivity contribution in [3.05, 3.63) is 29.9 Å². The lowest BCUT2D eigenvalue weighted by Gasteiger charge is -2.23. The minimum atomic E-state index is -0.297. The third kappa shape index (κ3) is 2.17. The van der Waals surface area contributed by atoms with Crippen LogP contribution in [-0.4, -0.2) is 11.5 Å². The number of hydrogen-bond acceptors (Lipinski definition) is 3. The molecule has 2 rings (SSSR count). The van der Waals surface area contributed by atoms with E-state index in [1.165, 1.54) is 12.1 Å². The van der Waals surface area contributed by atoms with Crippen molar-refractivity contribution >= 4 is 11.1 Å². The highest BCUT2D eigenvalue weighted by molar-refractivity contribution is 5.72. The Morgan fingerprint density at radius 2 is 2.24 bits per heavy atom. The van der Waals surface area contributed by atoms with Crippen LogP contribution in [0.4, 0.5) is 4.39 Å². The minimum absolute atomic E-state index is 0.176. The van der Waals surface area contributed by atoms with Gasteiger partial charge in [0, 0.05) is 11.5 Å². The van der Waals surface area contributed by atoms with E-state index < -0.39 is 0 Å². The molecular weight excluding hydrogens is 219 g/mol. The van der Waals surface area contributed by atoms with Crippen molar-refractivity contribution in [2.24, 2.45) is 5.73 Å². The van der Waals surface area contributed by atoms with Gasteiger partial charge in [0.2, 0.25) is 5.89 Å². The normalized spacial score (nSPS) is 15.1. The Kier molecular flexibility index (Phi) is 3.15. The highest BCUT2D eigenvalue weighted by atomic mass is 19.1. The van der Waals surface area contributed by atoms with Gasteiger partial charge < -0.3 is 10.2 Å². The van der Waals surface area contributed by atoms with Gasteiger partial charge in [0.25, 0.3) is 0 Å². The Hall–Kier alpha value is -1.42. The molecule has 92 valence electrons. The summed E-state index contributed by atoms with van der Waals surface area (Å²) in [7, 11) is 0. The van der Waals surface area contributed by atoms with Gasteiger partial charge in [-0.2, -0.15) is 0 Å². The van der Waals surface area contributed by atoms with Crippen molar-refractivity contribution in [1.29, 1.82) is 0 Å². The van der Waals surface area contributed by atoms with Gasteiger partial charge in [-0.25, -0.2) is 9.37 Å². The van der Waals surface area contributed by atoms with Crippen LogP contribution >= 0.6 is 0 Å². The van der Waals surface area contributed by atoms with Crippen LogP contribution in [0, 0.1) is 5.82 Å². The molecule has 1 atom stereocenters. The molecule has 0 fully saturated rings. The van der Waals surface area contributed by atoms with E-state index in [1.807, 2.05) is 0 Å². The standard InChI is InChI=1S/C13H17FN2O/c1-3-13(2,6-7-15)12-16-10-8-9(14)4-5-11(10)17-12/h4-5,8H,3,6-7,15H2,1-2H3. The number of nitrogens with two attached hydrogens (primary N) is 1. The molecule has 0 radical (unpaired) electrons. The Bertz CT molecular complexity index is 523.